The molecule has 1 heterocycles. The van der Waals surface area contributed by atoms with Gasteiger partial charge in [0.2, 0.25) is 0 Å². The molecular formula is C18H16N2O. The van der Waals surface area contributed by atoms with Crippen LogP contribution in [0.5, 0.6) is 0 Å². The maximum Gasteiger partial charge on any atom is 0.277 e. The van der Waals surface area contributed by atoms with Crippen molar-refractivity contribution in [3.8, 4) is 11.3 Å². The Morgan fingerprint density at radius 3 is 2.57 bits per heavy atom. The molecule has 3 heteroatoms. The van der Waals surface area contributed by atoms with E-state index in [-0.39, 0.29) is 5.56 Å². The lowest BCUT2D eigenvalue weighted by atomic mass is 10.1. The molecule has 0 atom stereocenters. The van der Waals surface area contributed by atoms with Crippen molar-refractivity contribution >= 4 is 11.0 Å². The van der Waals surface area contributed by atoms with Crippen LogP contribution in [0.4, 0.5) is 0 Å². The average molecular weight is 276 g/mol. The molecule has 0 bridgehead atoms. The Labute approximate surface area is 123 Å². The van der Waals surface area contributed by atoms with E-state index in [1.807, 2.05) is 55.5 Å². The van der Waals surface area contributed by atoms with E-state index in [1.165, 1.54) is 0 Å². The predicted octanol–water partition coefficient (Wildman–Crippen LogP) is 3.56. The van der Waals surface area contributed by atoms with Crippen molar-refractivity contribution in [1.29, 1.82) is 0 Å². The molecule has 3 rings (SSSR count). The van der Waals surface area contributed by atoms with Crippen molar-refractivity contribution < 1.29 is 0 Å². The first-order valence-corrected chi connectivity index (χ1v) is 6.88. The molecule has 0 aliphatic rings. The second-order valence-corrected chi connectivity index (χ2v) is 5.02. The van der Waals surface area contributed by atoms with Gasteiger partial charge in [-0.15, -0.1) is 6.58 Å². The van der Waals surface area contributed by atoms with E-state index in [1.54, 1.807) is 10.6 Å². The standard InChI is InChI=1S/C18H16N2O/c1-3-12-20-16-7-5-4-6-15(16)19-17(18(20)21)14-10-8-13(2)9-11-14/h3-11H,1,12H2,2H3. The molecule has 0 N–H and O–H groups in total. The van der Waals surface area contributed by atoms with Gasteiger partial charge in [-0.3, -0.25) is 4.79 Å². The number of hydrogen-bond acceptors (Lipinski definition) is 2. The highest BCUT2D eigenvalue weighted by atomic mass is 16.1. The number of nitrogens with zero attached hydrogens (tertiary/aromatic N) is 2. The van der Waals surface area contributed by atoms with E-state index in [4.69, 9.17) is 0 Å². The topological polar surface area (TPSA) is 34.9 Å². The first-order valence-electron chi connectivity index (χ1n) is 6.88. The minimum atomic E-state index is -0.0857. The molecule has 3 nitrogen and oxygen atoms in total. The number of allylic oxidation sites excluding steroid dienone is 1. The van der Waals surface area contributed by atoms with Crippen molar-refractivity contribution in [2.24, 2.45) is 0 Å². The van der Waals surface area contributed by atoms with E-state index in [0.717, 1.165) is 22.2 Å². The average Bonchev–Trinajstić information content (AvgIpc) is 2.51. The first-order chi connectivity index (χ1) is 10.2. The number of aryl methyl sites for hydroxylation is 1. The maximum absolute atomic E-state index is 12.7. The van der Waals surface area contributed by atoms with Crippen molar-refractivity contribution in [2.45, 2.75) is 13.5 Å². The van der Waals surface area contributed by atoms with E-state index >= 15 is 0 Å². The lowest BCUT2D eigenvalue weighted by Crippen LogP contribution is -2.23. The van der Waals surface area contributed by atoms with Crippen LogP contribution in [0, 0.1) is 6.92 Å². The summed E-state index contributed by atoms with van der Waals surface area (Å²) in [5, 5.41) is 0. The van der Waals surface area contributed by atoms with Gasteiger partial charge in [-0.25, -0.2) is 4.98 Å². The van der Waals surface area contributed by atoms with E-state index in [2.05, 4.69) is 11.6 Å². The smallest absolute Gasteiger partial charge is 0.277 e. The zero-order chi connectivity index (χ0) is 14.8. The highest BCUT2D eigenvalue weighted by Gasteiger charge is 2.11. The van der Waals surface area contributed by atoms with E-state index in [0.29, 0.717) is 12.2 Å². The molecule has 0 radical (unpaired) electrons. The van der Waals surface area contributed by atoms with Crippen LogP contribution in [0.15, 0.2) is 66.0 Å². The van der Waals surface area contributed by atoms with Gasteiger partial charge in [0.1, 0.15) is 5.69 Å². The van der Waals surface area contributed by atoms with Crippen LogP contribution in [-0.4, -0.2) is 9.55 Å². The Bertz CT molecular complexity index is 861. The molecule has 0 amide bonds. The van der Waals surface area contributed by atoms with Crippen molar-refractivity contribution in [3.63, 3.8) is 0 Å². The third-order valence-corrected chi connectivity index (χ3v) is 3.49. The normalized spacial score (nSPS) is 10.7. The van der Waals surface area contributed by atoms with Crippen LogP contribution in [0.2, 0.25) is 0 Å². The van der Waals surface area contributed by atoms with Gasteiger partial charge in [-0.05, 0) is 19.1 Å². The van der Waals surface area contributed by atoms with Crippen LogP contribution in [-0.2, 0) is 6.54 Å². The van der Waals surface area contributed by atoms with Gasteiger partial charge in [-0.1, -0.05) is 48.0 Å². The summed E-state index contributed by atoms with van der Waals surface area (Å²) >= 11 is 0. The van der Waals surface area contributed by atoms with Crippen molar-refractivity contribution in [2.75, 3.05) is 0 Å². The van der Waals surface area contributed by atoms with Crippen LogP contribution < -0.4 is 5.56 Å². The van der Waals surface area contributed by atoms with Crippen LogP contribution >= 0.6 is 0 Å². The number of hydrogen-bond donors (Lipinski definition) is 0. The number of para-hydroxylation sites is 2. The summed E-state index contributed by atoms with van der Waals surface area (Å²) in [5.74, 6) is 0. The zero-order valence-corrected chi connectivity index (χ0v) is 11.9. The summed E-state index contributed by atoms with van der Waals surface area (Å²) in [6.45, 7) is 6.23. The second-order valence-electron chi connectivity index (χ2n) is 5.02. The fourth-order valence-electron chi connectivity index (χ4n) is 2.40. The lowest BCUT2D eigenvalue weighted by Gasteiger charge is -2.10. The van der Waals surface area contributed by atoms with Gasteiger partial charge in [0.05, 0.1) is 11.0 Å². The third-order valence-electron chi connectivity index (χ3n) is 3.49. The second kappa shape index (κ2) is 5.37. The Hall–Kier alpha value is -2.68. The number of rotatable bonds is 3. The fraction of sp³-hybridized carbons (Fsp3) is 0.111. The largest absolute Gasteiger partial charge is 0.301 e. The molecule has 2 aromatic carbocycles. The summed E-state index contributed by atoms with van der Waals surface area (Å²) in [6, 6.07) is 15.5. The molecule has 0 fully saturated rings. The molecule has 3 aromatic rings. The molecule has 0 saturated carbocycles. The Morgan fingerprint density at radius 2 is 1.86 bits per heavy atom. The zero-order valence-electron chi connectivity index (χ0n) is 11.9. The van der Waals surface area contributed by atoms with Gasteiger partial charge >= 0.3 is 0 Å². The minimum Gasteiger partial charge on any atom is -0.301 e. The molecule has 0 spiro atoms. The van der Waals surface area contributed by atoms with Gasteiger partial charge in [-0.2, -0.15) is 0 Å². The Kier molecular flexibility index (Phi) is 3.40. The lowest BCUT2D eigenvalue weighted by molar-refractivity contribution is 0.812. The number of benzene rings is 2. The quantitative estimate of drug-likeness (QED) is 0.686. The molecular weight excluding hydrogens is 260 g/mol. The SMILES string of the molecule is C=CCn1c(=O)c(-c2ccc(C)cc2)nc2ccccc21. The molecule has 0 aliphatic heterocycles. The summed E-state index contributed by atoms with van der Waals surface area (Å²) < 4.78 is 1.71. The third kappa shape index (κ3) is 2.38. The number of aromatic nitrogens is 2. The summed E-state index contributed by atoms with van der Waals surface area (Å²) in [4.78, 5) is 17.3. The Morgan fingerprint density at radius 1 is 1.14 bits per heavy atom. The van der Waals surface area contributed by atoms with Crippen LogP contribution in [0.25, 0.3) is 22.3 Å². The predicted molar refractivity (Wildman–Crippen MR) is 86.4 cm³/mol. The summed E-state index contributed by atoms with van der Waals surface area (Å²) in [6.07, 6.45) is 1.73. The first kappa shape index (κ1) is 13.3. The fourth-order valence-corrected chi connectivity index (χ4v) is 2.40. The summed E-state index contributed by atoms with van der Waals surface area (Å²) in [7, 11) is 0. The van der Waals surface area contributed by atoms with Gasteiger partial charge < -0.3 is 4.57 Å². The molecule has 104 valence electrons. The van der Waals surface area contributed by atoms with Gasteiger partial charge in [0.15, 0.2) is 0 Å². The van der Waals surface area contributed by atoms with E-state index < -0.39 is 0 Å². The summed E-state index contributed by atoms with van der Waals surface area (Å²) in [5.41, 5.74) is 4.04. The van der Waals surface area contributed by atoms with Crippen molar-refractivity contribution in [3.05, 3.63) is 77.1 Å². The molecule has 0 saturated heterocycles. The Balaban J connectivity index is 2.33. The monoisotopic (exact) mass is 276 g/mol. The van der Waals surface area contributed by atoms with E-state index in [9.17, 15) is 4.79 Å². The van der Waals surface area contributed by atoms with Crippen molar-refractivity contribution in [1.82, 2.24) is 9.55 Å². The number of fused-ring (bicyclic) bond motifs is 1. The van der Waals surface area contributed by atoms with Gasteiger partial charge in [0, 0.05) is 12.1 Å². The molecule has 0 unspecified atom stereocenters. The molecule has 0 aliphatic carbocycles. The minimum absolute atomic E-state index is 0.0857. The molecule has 21 heavy (non-hydrogen) atoms. The highest BCUT2D eigenvalue weighted by molar-refractivity contribution is 5.77. The highest BCUT2D eigenvalue weighted by Crippen LogP contribution is 2.18. The van der Waals surface area contributed by atoms with Crippen LogP contribution in [0.1, 0.15) is 5.56 Å². The van der Waals surface area contributed by atoms with Crippen LogP contribution in [0.3, 0.4) is 0 Å². The molecule has 1 aromatic heterocycles. The maximum atomic E-state index is 12.7. The van der Waals surface area contributed by atoms with Gasteiger partial charge in [0.25, 0.3) is 5.56 Å².